The molecule has 0 spiro atoms. The van der Waals surface area contributed by atoms with E-state index in [2.05, 4.69) is 10.3 Å². The van der Waals surface area contributed by atoms with Gasteiger partial charge < -0.3 is 15.0 Å². The van der Waals surface area contributed by atoms with E-state index in [4.69, 9.17) is 0 Å². The van der Waals surface area contributed by atoms with Crippen molar-refractivity contribution in [3.05, 3.63) is 48.5 Å². The van der Waals surface area contributed by atoms with Gasteiger partial charge in [0.2, 0.25) is 5.91 Å². The number of rotatable bonds is 5. The van der Waals surface area contributed by atoms with E-state index >= 15 is 0 Å². The number of hydrogen-bond acceptors (Lipinski definition) is 3. The first-order valence-electron chi connectivity index (χ1n) is 8.66. The van der Waals surface area contributed by atoms with Crippen molar-refractivity contribution in [3.8, 4) is 5.69 Å². The molecule has 2 N–H and O–H groups in total. The van der Waals surface area contributed by atoms with Crippen LogP contribution in [0, 0.1) is 0 Å². The Kier molecular flexibility index (Phi) is 5.00. The van der Waals surface area contributed by atoms with Gasteiger partial charge in [0.25, 0.3) is 0 Å². The third kappa shape index (κ3) is 4.03. The van der Waals surface area contributed by atoms with Crippen molar-refractivity contribution >= 4 is 5.91 Å². The summed E-state index contributed by atoms with van der Waals surface area (Å²) < 4.78 is 1.94. The van der Waals surface area contributed by atoms with Gasteiger partial charge in [-0.1, -0.05) is 31.4 Å². The molecule has 24 heavy (non-hydrogen) atoms. The Morgan fingerprint density at radius 3 is 2.62 bits per heavy atom. The van der Waals surface area contributed by atoms with Gasteiger partial charge in [-0.3, -0.25) is 4.79 Å². The summed E-state index contributed by atoms with van der Waals surface area (Å²) in [6, 6.07) is 7.95. The van der Waals surface area contributed by atoms with Gasteiger partial charge in [0.1, 0.15) is 0 Å². The average Bonchev–Trinajstić information content (AvgIpc) is 3.09. The first kappa shape index (κ1) is 16.7. The van der Waals surface area contributed by atoms with E-state index in [1.165, 1.54) is 0 Å². The highest BCUT2D eigenvalue weighted by molar-refractivity contribution is 5.77. The number of nitrogens with one attached hydrogen (secondary N) is 1. The molecule has 1 heterocycles. The number of nitrogens with zero attached hydrogens (tertiary/aromatic N) is 2. The number of imidazole rings is 1. The maximum Gasteiger partial charge on any atom is 0.223 e. The second-order valence-electron chi connectivity index (χ2n) is 6.81. The molecule has 5 nitrogen and oxygen atoms in total. The van der Waals surface area contributed by atoms with Crippen LogP contribution in [-0.2, 0) is 4.79 Å². The second-order valence-corrected chi connectivity index (χ2v) is 6.81. The van der Waals surface area contributed by atoms with E-state index in [1.54, 1.807) is 12.5 Å². The monoisotopic (exact) mass is 327 g/mol. The highest BCUT2D eigenvalue weighted by atomic mass is 16.3. The molecule has 5 heteroatoms. The summed E-state index contributed by atoms with van der Waals surface area (Å²) in [6.45, 7) is 1.97. The van der Waals surface area contributed by atoms with Gasteiger partial charge >= 0.3 is 0 Å². The van der Waals surface area contributed by atoms with Crippen LogP contribution in [-0.4, -0.2) is 26.2 Å². The van der Waals surface area contributed by atoms with Crippen molar-refractivity contribution in [3.63, 3.8) is 0 Å². The van der Waals surface area contributed by atoms with E-state index < -0.39 is 5.60 Å². The molecule has 1 aliphatic carbocycles. The summed E-state index contributed by atoms with van der Waals surface area (Å²) in [6.07, 6.45) is 10.2. The van der Waals surface area contributed by atoms with Crippen LogP contribution in [0.2, 0.25) is 0 Å². The molecule has 1 amide bonds. The first-order valence-corrected chi connectivity index (χ1v) is 8.66. The lowest BCUT2D eigenvalue weighted by Gasteiger charge is -2.31. The molecule has 0 saturated heterocycles. The molecule has 1 unspecified atom stereocenters. The quantitative estimate of drug-likeness (QED) is 0.886. The van der Waals surface area contributed by atoms with E-state index in [9.17, 15) is 9.90 Å². The Labute approximate surface area is 142 Å². The zero-order valence-corrected chi connectivity index (χ0v) is 14.1. The van der Waals surface area contributed by atoms with Gasteiger partial charge in [-0.25, -0.2) is 4.98 Å². The van der Waals surface area contributed by atoms with Crippen LogP contribution in [0.3, 0.4) is 0 Å². The Hall–Kier alpha value is -2.14. The van der Waals surface area contributed by atoms with Crippen molar-refractivity contribution in [1.82, 2.24) is 14.9 Å². The Morgan fingerprint density at radius 2 is 2.00 bits per heavy atom. The third-order valence-electron chi connectivity index (χ3n) is 4.85. The maximum atomic E-state index is 12.3. The standard InChI is InChI=1S/C19H25N3O2/c1-15(21-18(23)13-19(24)9-3-2-4-10-19)16-5-7-17(8-6-16)22-12-11-20-14-22/h5-8,11-12,14-15,24H,2-4,9-10,13H2,1H3,(H,21,23). The van der Waals surface area contributed by atoms with Crippen molar-refractivity contribution in [1.29, 1.82) is 0 Å². The molecular formula is C19H25N3O2. The van der Waals surface area contributed by atoms with E-state index in [0.717, 1.165) is 43.4 Å². The number of aliphatic hydroxyl groups is 1. The van der Waals surface area contributed by atoms with Gasteiger partial charge in [-0.05, 0) is 37.5 Å². The fourth-order valence-corrected chi connectivity index (χ4v) is 3.41. The summed E-state index contributed by atoms with van der Waals surface area (Å²) in [7, 11) is 0. The highest BCUT2D eigenvalue weighted by Gasteiger charge is 2.31. The van der Waals surface area contributed by atoms with Crippen molar-refractivity contribution in [2.45, 2.75) is 57.1 Å². The van der Waals surface area contributed by atoms with Crippen LogP contribution in [0.1, 0.15) is 57.1 Å². The van der Waals surface area contributed by atoms with Crippen LogP contribution < -0.4 is 5.32 Å². The molecule has 1 atom stereocenters. The lowest BCUT2D eigenvalue weighted by molar-refractivity contribution is -0.128. The van der Waals surface area contributed by atoms with Crippen molar-refractivity contribution in [2.24, 2.45) is 0 Å². The molecule has 1 fully saturated rings. The topological polar surface area (TPSA) is 67.2 Å². The van der Waals surface area contributed by atoms with Gasteiger partial charge in [0.15, 0.2) is 0 Å². The summed E-state index contributed by atoms with van der Waals surface area (Å²) >= 11 is 0. The second kappa shape index (κ2) is 7.18. The Morgan fingerprint density at radius 1 is 1.29 bits per heavy atom. The van der Waals surface area contributed by atoms with Gasteiger partial charge in [-0.15, -0.1) is 0 Å². The fraction of sp³-hybridized carbons (Fsp3) is 0.474. The SMILES string of the molecule is CC(NC(=O)CC1(O)CCCCC1)c1ccc(-n2ccnc2)cc1. The Balaban J connectivity index is 1.58. The molecule has 1 aliphatic rings. The average molecular weight is 327 g/mol. The molecule has 1 aromatic heterocycles. The fourth-order valence-electron chi connectivity index (χ4n) is 3.41. The highest BCUT2D eigenvalue weighted by Crippen LogP contribution is 2.31. The minimum Gasteiger partial charge on any atom is -0.389 e. The summed E-state index contributed by atoms with van der Waals surface area (Å²) in [5.41, 5.74) is 1.27. The largest absolute Gasteiger partial charge is 0.389 e. The molecule has 1 aromatic carbocycles. The number of carbonyl (C=O) groups is 1. The van der Waals surface area contributed by atoms with Gasteiger partial charge in [0, 0.05) is 18.1 Å². The van der Waals surface area contributed by atoms with Crippen LogP contribution in [0.5, 0.6) is 0 Å². The third-order valence-corrected chi connectivity index (χ3v) is 4.85. The van der Waals surface area contributed by atoms with Crippen molar-refractivity contribution < 1.29 is 9.90 Å². The minimum absolute atomic E-state index is 0.0782. The zero-order chi connectivity index (χ0) is 17.0. The number of aromatic nitrogens is 2. The van der Waals surface area contributed by atoms with Gasteiger partial charge in [-0.2, -0.15) is 0 Å². The van der Waals surface area contributed by atoms with Gasteiger partial charge in [0.05, 0.1) is 24.4 Å². The smallest absolute Gasteiger partial charge is 0.223 e. The normalized spacial score (nSPS) is 18.1. The minimum atomic E-state index is -0.812. The zero-order valence-electron chi connectivity index (χ0n) is 14.1. The molecule has 2 aromatic rings. The number of benzene rings is 1. The molecule has 0 radical (unpaired) electrons. The predicted molar refractivity (Wildman–Crippen MR) is 92.8 cm³/mol. The summed E-state index contributed by atoms with van der Waals surface area (Å²) in [4.78, 5) is 16.3. The molecule has 3 rings (SSSR count). The predicted octanol–water partition coefficient (Wildman–Crippen LogP) is 3.13. The lowest BCUT2D eigenvalue weighted by Crippen LogP contribution is -2.39. The van der Waals surface area contributed by atoms with Crippen LogP contribution >= 0.6 is 0 Å². The van der Waals surface area contributed by atoms with E-state index in [0.29, 0.717) is 0 Å². The first-order chi connectivity index (χ1) is 11.6. The number of amides is 1. The summed E-state index contributed by atoms with van der Waals surface area (Å²) in [5, 5.41) is 13.5. The van der Waals surface area contributed by atoms with E-state index in [1.807, 2.05) is 42.0 Å². The van der Waals surface area contributed by atoms with Crippen LogP contribution in [0.25, 0.3) is 5.69 Å². The maximum absolute atomic E-state index is 12.3. The van der Waals surface area contributed by atoms with E-state index in [-0.39, 0.29) is 18.4 Å². The van der Waals surface area contributed by atoms with Crippen LogP contribution in [0.4, 0.5) is 0 Å². The van der Waals surface area contributed by atoms with Crippen LogP contribution in [0.15, 0.2) is 43.0 Å². The Bertz CT molecular complexity index is 658. The lowest BCUT2D eigenvalue weighted by atomic mass is 9.82. The number of hydrogen-bond donors (Lipinski definition) is 2. The molecule has 0 aliphatic heterocycles. The molecular weight excluding hydrogens is 302 g/mol. The number of carbonyl (C=O) groups excluding carboxylic acids is 1. The van der Waals surface area contributed by atoms with Crippen molar-refractivity contribution in [2.75, 3.05) is 0 Å². The summed E-state index contributed by atoms with van der Waals surface area (Å²) in [5.74, 6) is -0.0782. The molecule has 0 bridgehead atoms. The molecule has 1 saturated carbocycles. The molecule has 128 valence electrons.